The molecule has 1 saturated carbocycles. The number of rotatable bonds is 5. The van der Waals surface area contributed by atoms with Crippen LogP contribution in [0.4, 0.5) is 0 Å². The Morgan fingerprint density at radius 3 is 3.13 bits per heavy atom. The van der Waals surface area contributed by atoms with Gasteiger partial charge in [-0.1, -0.05) is 0 Å². The average molecular weight is 225 g/mol. The minimum absolute atomic E-state index is 0.734. The van der Waals surface area contributed by atoms with Gasteiger partial charge < -0.3 is 5.32 Å². The van der Waals surface area contributed by atoms with Crippen LogP contribution in [0.3, 0.4) is 0 Å². The summed E-state index contributed by atoms with van der Waals surface area (Å²) >= 11 is 2.01. The molecule has 0 aromatic carbocycles. The molecule has 0 saturated heterocycles. The highest BCUT2D eigenvalue weighted by atomic mass is 32.2. The lowest BCUT2D eigenvalue weighted by molar-refractivity contribution is 0.481. The van der Waals surface area contributed by atoms with Gasteiger partial charge in [0.15, 0.2) is 0 Å². The van der Waals surface area contributed by atoms with Gasteiger partial charge in [-0.3, -0.25) is 4.68 Å². The van der Waals surface area contributed by atoms with Crippen LogP contribution < -0.4 is 5.32 Å². The molecule has 2 unspecified atom stereocenters. The summed E-state index contributed by atoms with van der Waals surface area (Å²) in [6.07, 6.45) is 10.1. The standard InChI is InChI=1S/C11H19N3S/c1-15-11-4-3-10(9-11)12-6-8-14-7-2-5-13-14/h2,5,7,10-12H,3-4,6,8-9H2,1H3. The molecule has 0 radical (unpaired) electrons. The molecule has 0 bridgehead atoms. The lowest BCUT2D eigenvalue weighted by Gasteiger charge is -2.12. The number of nitrogens with one attached hydrogen (secondary N) is 1. The molecule has 2 rings (SSSR count). The zero-order chi connectivity index (χ0) is 10.5. The van der Waals surface area contributed by atoms with Gasteiger partial charge in [-0.2, -0.15) is 16.9 Å². The maximum absolute atomic E-state index is 4.18. The number of aromatic nitrogens is 2. The van der Waals surface area contributed by atoms with Gasteiger partial charge in [-0.15, -0.1) is 0 Å². The van der Waals surface area contributed by atoms with Gasteiger partial charge in [-0.05, 0) is 31.6 Å². The molecule has 3 nitrogen and oxygen atoms in total. The van der Waals surface area contributed by atoms with Crippen molar-refractivity contribution in [3.63, 3.8) is 0 Å². The van der Waals surface area contributed by atoms with Gasteiger partial charge >= 0.3 is 0 Å². The number of nitrogens with zero attached hydrogens (tertiary/aromatic N) is 2. The van der Waals surface area contributed by atoms with Gasteiger partial charge in [0.05, 0.1) is 6.54 Å². The second-order valence-corrected chi connectivity index (χ2v) is 5.23. The molecule has 1 fully saturated rings. The molecule has 1 heterocycles. The highest BCUT2D eigenvalue weighted by molar-refractivity contribution is 7.99. The first kappa shape index (κ1) is 11.0. The van der Waals surface area contributed by atoms with Crippen LogP contribution in [0.2, 0.25) is 0 Å². The third kappa shape index (κ3) is 3.24. The molecule has 1 aliphatic rings. The number of hydrogen-bond acceptors (Lipinski definition) is 3. The summed E-state index contributed by atoms with van der Waals surface area (Å²) < 4.78 is 1.98. The Kier molecular flexibility index (Phi) is 4.09. The smallest absolute Gasteiger partial charge is 0.0534 e. The van der Waals surface area contributed by atoms with Crippen LogP contribution in [0.15, 0.2) is 18.5 Å². The van der Waals surface area contributed by atoms with Crippen LogP contribution in [-0.2, 0) is 6.54 Å². The van der Waals surface area contributed by atoms with E-state index in [2.05, 4.69) is 16.7 Å². The van der Waals surface area contributed by atoms with Crippen LogP contribution >= 0.6 is 11.8 Å². The SMILES string of the molecule is CSC1CCC(NCCn2cccn2)C1. The second kappa shape index (κ2) is 5.56. The summed E-state index contributed by atoms with van der Waals surface area (Å²) in [6.45, 7) is 2.01. The third-order valence-corrected chi connectivity index (χ3v) is 4.15. The highest BCUT2D eigenvalue weighted by Crippen LogP contribution is 2.27. The van der Waals surface area contributed by atoms with Gasteiger partial charge in [0.25, 0.3) is 0 Å². The van der Waals surface area contributed by atoms with Crippen molar-refractivity contribution in [2.24, 2.45) is 0 Å². The molecule has 15 heavy (non-hydrogen) atoms. The van der Waals surface area contributed by atoms with E-state index in [0.717, 1.165) is 24.4 Å². The maximum Gasteiger partial charge on any atom is 0.0534 e. The fourth-order valence-corrected chi connectivity index (χ4v) is 2.95. The van der Waals surface area contributed by atoms with Crippen LogP contribution in [-0.4, -0.2) is 33.9 Å². The minimum Gasteiger partial charge on any atom is -0.312 e. The first-order chi connectivity index (χ1) is 7.38. The number of thioether (sulfide) groups is 1. The van der Waals surface area contributed by atoms with Crippen molar-refractivity contribution >= 4 is 11.8 Å². The molecule has 4 heteroatoms. The lowest BCUT2D eigenvalue weighted by Crippen LogP contribution is -2.30. The van der Waals surface area contributed by atoms with Crippen molar-refractivity contribution < 1.29 is 0 Å². The van der Waals surface area contributed by atoms with Crippen molar-refractivity contribution in [2.45, 2.75) is 37.1 Å². The van der Waals surface area contributed by atoms with E-state index in [9.17, 15) is 0 Å². The fourth-order valence-electron chi connectivity index (χ4n) is 2.16. The first-order valence-electron chi connectivity index (χ1n) is 5.62. The molecule has 1 aromatic rings. The van der Waals surface area contributed by atoms with Crippen LogP contribution in [0.1, 0.15) is 19.3 Å². The molecule has 1 aromatic heterocycles. The van der Waals surface area contributed by atoms with Gasteiger partial charge in [-0.25, -0.2) is 0 Å². The third-order valence-electron chi connectivity index (χ3n) is 3.05. The molecule has 0 aliphatic heterocycles. The van der Waals surface area contributed by atoms with E-state index in [-0.39, 0.29) is 0 Å². The summed E-state index contributed by atoms with van der Waals surface area (Å²) in [5.74, 6) is 0. The summed E-state index contributed by atoms with van der Waals surface area (Å²) in [7, 11) is 0. The molecular formula is C11H19N3S. The topological polar surface area (TPSA) is 29.9 Å². The minimum atomic E-state index is 0.734. The summed E-state index contributed by atoms with van der Waals surface area (Å²) in [6, 6.07) is 2.71. The van der Waals surface area contributed by atoms with E-state index in [4.69, 9.17) is 0 Å². The second-order valence-electron chi connectivity index (χ2n) is 4.09. The van der Waals surface area contributed by atoms with Crippen LogP contribution in [0.25, 0.3) is 0 Å². The van der Waals surface area contributed by atoms with E-state index in [1.54, 1.807) is 0 Å². The summed E-state index contributed by atoms with van der Waals surface area (Å²) in [5.41, 5.74) is 0. The lowest BCUT2D eigenvalue weighted by atomic mass is 10.2. The summed E-state index contributed by atoms with van der Waals surface area (Å²) in [4.78, 5) is 0. The molecule has 0 spiro atoms. The Hall–Kier alpha value is -0.480. The van der Waals surface area contributed by atoms with Crippen molar-refractivity contribution in [1.82, 2.24) is 15.1 Å². The Balaban J connectivity index is 1.63. The van der Waals surface area contributed by atoms with E-state index in [1.807, 2.05) is 34.9 Å². The van der Waals surface area contributed by atoms with Crippen molar-refractivity contribution in [1.29, 1.82) is 0 Å². The quantitative estimate of drug-likeness (QED) is 0.828. The molecule has 1 N–H and O–H groups in total. The van der Waals surface area contributed by atoms with E-state index >= 15 is 0 Å². The summed E-state index contributed by atoms with van der Waals surface area (Å²) in [5, 5.41) is 8.68. The predicted molar refractivity (Wildman–Crippen MR) is 65.2 cm³/mol. The molecule has 84 valence electrons. The highest BCUT2D eigenvalue weighted by Gasteiger charge is 2.22. The van der Waals surface area contributed by atoms with Gasteiger partial charge in [0.2, 0.25) is 0 Å². The van der Waals surface area contributed by atoms with Crippen LogP contribution in [0, 0.1) is 0 Å². The van der Waals surface area contributed by atoms with Gasteiger partial charge in [0, 0.05) is 30.2 Å². The molecule has 1 aliphatic carbocycles. The Morgan fingerprint density at radius 2 is 2.47 bits per heavy atom. The number of hydrogen-bond donors (Lipinski definition) is 1. The zero-order valence-electron chi connectivity index (χ0n) is 9.22. The average Bonchev–Trinajstić information content (AvgIpc) is 2.88. The van der Waals surface area contributed by atoms with Crippen molar-refractivity contribution in [3.05, 3.63) is 18.5 Å². The maximum atomic E-state index is 4.18. The fraction of sp³-hybridized carbons (Fsp3) is 0.727. The van der Waals surface area contributed by atoms with Crippen LogP contribution in [0.5, 0.6) is 0 Å². The molecule has 2 atom stereocenters. The largest absolute Gasteiger partial charge is 0.312 e. The van der Waals surface area contributed by atoms with Gasteiger partial charge in [0.1, 0.15) is 0 Å². The zero-order valence-corrected chi connectivity index (χ0v) is 10.0. The Bertz CT molecular complexity index is 273. The first-order valence-corrected chi connectivity index (χ1v) is 6.91. The normalized spacial score (nSPS) is 25.9. The van der Waals surface area contributed by atoms with Crippen molar-refractivity contribution in [2.75, 3.05) is 12.8 Å². The van der Waals surface area contributed by atoms with E-state index in [1.165, 1.54) is 19.3 Å². The van der Waals surface area contributed by atoms with E-state index < -0.39 is 0 Å². The predicted octanol–water partition coefficient (Wildman–Crippen LogP) is 1.76. The van der Waals surface area contributed by atoms with E-state index in [0.29, 0.717) is 0 Å². The monoisotopic (exact) mass is 225 g/mol. The molecular weight excluding hydrogens is 206 g/mol. The Morgan fingerprint density at radius 1 is 1.53 bits per heavy atom. The Labute approximate surface area is 95.6 Å². The molecule has 0 amide bonds. The van der Waals surface area contributed by atoms with Crippen molar-refractivity contribution in [3.8, 4) is 0 Å².